The Bertz CT molecular complexity index is 450. The molecular formula is C15H21ClN2O. The lowest BCUT2D eigenvalue weighted by molar-refractivity contribution is -0.135. The first-order chi connectivity index (χ1) is 9.13. The first kappa shape index (κ1) is 14.4. The molecule has 2 N–H and O–H groups in total. The number of nitrogens with zero attached hydrogens (tertiary/aromatic N) is 1. The number of hydrogen-bond donors (Lipinski definition) is 1. The van der Waals surface area contributed by atoms with Crippen LogP contribution in [0.5, 0.6) is 0 Å². The molecule has 1 fully saturated rings. The van der Waals surface area contributed by atoms with Gasteiger partial charge in [-0.2, -0.15) is 0 Å². The van der Waals surface area contributed by atoms with E-state index < -0.39 is 0 Å². The fourth-order valence-corrected chi connectivity index (χ4v) is 3.08. The van der Waals surface area contributed by atoms with E-state index in [9.17, 15) is 4.79 Å². The van der Waals surface area contributed by atoms with Crippen molar-refractivity contribution in [1.29, 1.82) is 0 Å². The van der Waals surface area contributed by atoms with E-state index in [-0.39, 0.29) is 11.8 Å². The van der Waals surface area contributed by atoms with Crippen molar-refractivity contribution in [1.82, 2.24) is 4.90 Å². The van der Waals surface area contributed by atoms with E-state index in [1.807, 2.05) is 31.3 Å². The van der Waals surface area contributed by atoms with Crippen molar-refractivity contribution in [3.8, 4) is 0 Å². The maximum atomic E-state index is 12.5. The van der Waals surface area contributed by atoms with Crippen LogP contribution < -0.4 is 5.73 Å². The van der Waals surface area contributed by atoms with Crippen LogP contribution in [-0.4, -0.2) is 24.4 Å². The van der Waals surface area contributed by atoms with Crippen molar-refractivity contribution < 1.29 is 4.79 Å². The maximum Gasteiger partial charge on any atom is 0.226 e. The average molecular weight is 281 g/mol. The van der Waals surface area contributed by atoms with Crippen LogP contribution in [0.2, 0.25) is 5.02 Å². The zero-order valence-corrected chi connectivity index (χ0v) is 12.1. The van der Waals surface area contributed by atoms with E-state index in [0.29, 0.717) is 24.0 Å². The summed E-state index contributed by atoms with van der Waals surface area (Å²) in [5.74, 6) is 0.645. The summed E-state index contributed by atoms with van der Waals surface area (Å²) >= 11 is 6.13. The van der Waals surface area contributed by atoms with Crippen LogP contribution in [0.4, 0.5) is 0 Å². The quantitative estimate of drug-likeness (QED) is 0.922. The summed E-state index contributed by atoms with van der Waals surface area (Å²) in [6, 6.07) is 7.65. The topological polar surface area (TPSA) is 46.3 Å². The molecule has 0 radical (unpaired) electrons. The molecule has 2 atom stereocenters. The van der Waals surface area contributed by atoms with Gasteiger partial charge in [0.25, 0.3) is 0 Å². The number of nitrogens with two attached hydrogens (primary N) is 1. The van der Waals surface area contributed by atoms with E-state index in [1.165, 1.54) is 0 Å². The summed E-state index contributed by atoms with van der Waals surface area (Å²) in [7, 11) is 1.84. The van der Waals surface area contributed by atoms with Crippen LogP contribution in [0.25, 0.3) is 0 Å². The number of benzene rings is 1. The molecule has 0 spiro atoms. The number of carbonyl (C=O) groups excluding carboxylic acids is 1. The van der Waals surface area contributed by atoms with E-state index >= 15 is 0 Å². The molecule has 0 aliphatic heterocycles. The van der Waals surface area contributed by atoms with Crippen molar-refractivity contribution in [2.75, 3.05) is 13.6 Å². The van der Waals surface area contributed by atoms with Crippen molar-refractivity contribution in [3.05, 3.63) is 34.9 Å². The minimum absolute atomic E-state index is 0.0949. The molecule has 0 heterocycles. The molecule has 0 bridgehead atoms. The lowest BCUT2D eigenvalue weighted by Crippen LogP contribution is -2.36. The number of rotatable bonds is 4. The van der Waals surface area contributed by atoms with Crippen LogP contribution in [0.3, 0.4) is 0 Å². The predicted molar refractivity (Wildman–Crippen MR) is 77.8 cm³/mol. The summed E-state index contributed by atoms with van der Waals surface area (Å²) in [5, 5.41) is 0.712. The molecule has 1 aromatic rings. The number of halogens is 1. The Morgan fingerprint density at radius 1 is 1.42 bits per heavy atom. The highest BCUT2D eigenvalue weighted by molar-refractivity contribution is 6.31. The van der Waals surface area contributed by atoms with Gasteiger partial charge in [0.1, 0.15) is 0 Å². The molecule has 1 amide bonds. The second-order valence-electron chi connectivity index (χ2n) is 5.32. The standard InChI is InChI=1S/C15H21ClN2O/c1-18(10-12-5-2-3-8-14(12)16)15(19)13-7-4-6-11(13)9-17/h2-3,5,8,11,13H,4,6-7,9-10,17H2,1H3/t11-,13-/m1/s1. The first-order valence-electron chi connectivity index (χ1n) is 6.82. The molecule has 0 unspecified atom stereocenters. The minimum Gasteiger partial charge on any atom is -0.341 e. The van der Waals surface area contributed by atoms with Crippen molar-refractivity contribution in [3.63, 3.8) is 0 Å². The Labute approximate surface area is 119 Å². The van der Waals surface area contributed by atoms with Crippen molar-refractivity contribution in [2.24, 2.45) is 17.6 Å². The van der Waals surface area contributed by atoms with Gasteiger partial charge in [0.05, 0.1) is 0 Å². The van der Waals surface area contributed by atoms with Gasteiger partial charge in [0, 0.05) is 24.5 Å². The van der Waals surface area contributed by atoms with Crippen LogP contribution in [0.1, 0.15) is 24.8 Å². The third-order valence-corrected chi connectivity index (χ3v) is 4.39. The van der Waals surface area contributed by atoms with E-state index in [1.54, 1.807) is 4.90 Å². The molecule has 0 aromatic heterocycles. The fraction of sp³-hybridized carbons (Fsp3) is 0.533. The van der Waals surface area contributed by atoms with Crippen LogP contribution in [0, 0.1) is 11.8 Å². The van der Waals surface area contributed by atoms with Crippen LogP contribution in [-0.2, 0) is 11.3 Å². The molecular weight excluding hydrogens is 260 g/mol. The summed E-state index contributed by atoms with van der Waals surface area (Å²) in [6.07, 6.45) is 3.15. The number of amides is 1. The Morgan fingerprint density at radius 2 is 2.16 bits per heavy atom. The summed E-state index contributed by atoms with van der Waals surface area (Å²) < 4.78 is 0. The largest absolute Gasteiger partial charge is 0.341 e. The zero-order chi connectivity index (χ0) is 13.8. The Balaban J connectivity index is 2.02. The van der Waals surface area contributed by atoms with Crippen LogP contribution >= 0.6 is 11.6 Å². The zero-order valence-electron chi connectivity index (χ0n) is 11.3. The minimum atomic E-state index is 0.0949. The molecule has 2 rings (SSSR count). The van der Waals surface area contributed by atoms with Gasteiger partial charge < -0.3 is 10.6 Å². The summed E-state index contributed by atoms with van der Waals surface area (Å²) in [4.78, 5) is 14.2. The van der Waals surface area contributed by atoms with Gasteiger partial charge in [-0.3, -0.25) is 4.79 Å². The van der Waals surface area contributed by atoms with E-state index in [0.717, 1.165) is 24.8 Å². The van der Waals surface area contributed by atoms with Gasteiger partial charge in [0.2, 0.25) is 5.91 Å². The normalized spacial score (nSPS) is 22.5. The molecule has 19 heavy (non-hydrogen) atoms. The average Bonchev–Trinajstić information content (AvgIpc) is 2.88. The van der Waals surface area contributed by atoms with Gasteiger partial charge in [0.15, 0.2) is 0 Å². The van der Waals surface area contributed by atoms with Gasteiger partial charge >= 0.3 is 0 Å². The molecule has 1 aliphatic rings. The Kier molecular flexibility index (Phi) is 4.83. The van der Waals surface area contributed by atoms with Crippen LogP contribution in [0.15, 0.2) is 24.3 Å². The highest BCUT2D eigenvalue weighted by Crippen LogP contribution is 2.32. The smallest absolute Gasteiger partial charge is 0.226 e. The van der Waals surface area contributed by atoms with E-state index in [2.05, 4.69) is 0 Å². The maximum absolute atomic E-state index is 12.5. The fourth-order valence-electron chi connectivity index (χ4n) is 2.89. The van der Waals surface area contributed by atoms with Gasteiger partial charge in [-0.05, 0) is 36.9 Å². The van der Waals surface area contributed by atoms with Gasteiger partial charge in [-0.15, -0.1) is 0 Å². The third-order valence-electron chi connectivity index (χ3n) is 4.02. The highest BCUT2D eigenvalue weighted by Gasteiger charge is 2.33. The van der Waals surface area contributed by atoms with Gasteiger partial charge in [-0.1, -0.05) is 36.2 Å². The molecule has 1 aromatic carbocycles. The summed E-state index contributed by atoms with van der Waals surface area (Å²) in [6.45, 7) is 1.17. The molecule has 104 valence electrons. The monoisotopic (exact) mass is 280 g/mol. The van der Waals surface area contributed by atoms with E-state index in [4.69, 9.17) is 17.3 Å². The Morgan fingerprint density at radius 3 is 2.84 bits per heavy atom. The lowest BCUT2D eigenvalue weighted by Gasteiger charge is -2.25. The molecule has 1 aliphatic carbocycles. The van der Waals surface area contributed by atoms with Crippen molar-refractivity contribution >= 4 is 17.5 Å². The predicted octanol–water partition coefficient (Wildman–Crippen LogP) is 2.67. The first-order valence-corrected chi connectivity index (χ1v) is 7.19. The molecule has 0 saturated heterocycles. The third kappa shape index (κ3) is 3.28. The number of hydrogen-bond acceptors (Lipinski definition) is 2. The SMILES string of the molecule is CN(Cc1ccccc1Cl)C(=O)[C@@H]1CCC[C@@H]1CN. The molecule has 4 heteroatoms. The Hall–Kier alpha value is -1.06. The second-order valence-corrected chi connectivity index (χ2v) is 5.73. The van der Waals surface area contributed by atoms with Crippen molar-refractivity contribution in [2.45, 2.75) is 25.8 Å². The highest BCUT2D eigenvalue weighted by atomic mass is 35.5. The lowest BCUT2D eigenvalue weighted by atomic mass is 9.95. The molecule has 3 nitrogen and oxygen atoms in total. The molecule has 1 saturated carbocycles. The summed E-state index contributed by atoms with van der Waals surface area (Å²) in [5.41, 5.74) is 6.74. The van der Waals surface area contributed by atoms with Gasteiger partial charge in [-0.25, -0.2) is 0 Å². The second kappa shape index (κ2) is 6.40. The number of carbonyl (C=O) groups is 1.